The Morgan fingerprint density at radius 1 is 1.30 bits per heavy atom. The zero-order valence-corrected chi connectivity index (χ0v) is 12.2. The number of imidazole rings is 1. The maximum absolute atomic E-state index is 11.8. The minimum atomic E-state index is -0.439. The predicted octanol–water partition coefficient (Wildman–Crippen LogP) is 0.790. The molecule has 0 saturated heterocycles. The largest absolute Gasteiger partial charge is 0.378 e. The van der Waals surface area contributed by atoms with Crippen LogP contribution < -0.4 is 11.2 Å². The van der Waals surface area contributed by atoms with E-state index in [4.69, 9.17) is 4.74 Å². The van der Waals surface area contributed by atoms with Gasteiger partial charge in [0.25, 0.3) is 5.56 Å². The van der Waals surface area contributed by atoms with Gasteiger partial charge in [0, 0.05) is 20.1 Å². The van der Waals surface area contributed by atoms with Crippen molar-refractivity contribution in [2.75, 3.05) is 7.11 Å². The van der Waals surface area contributed by atoms with Crippen molar-refractivity contribution in [2.24, 2.45) is 0 Å². The fraction of sp³-hybridized carbons (Fsp3) is 0.615. The van der Waals surface area contributed by atoms with Crippen molar-refractivity contribution in [3.05, 3.63) is 26.7 Å². The maximum Gasteiger partial charge on any atom is 0.330 e. The molecule has 0 aliphatic carbocycles. The molecule has 0 aliphatic heterocycles. The van der Waals surface area contributed by atoms with Gasteiger partial charge in [0.05, 0.1) is 5.60 Å². The molecule has 20 heavy (non-hydrogen) atoms. The second kappa shape index (κ2) is 5.24. The second-order valence-electron chi connectivity index (χ2n) is 5.43. The lowest BCUT2D eigenvalue weighted by Gasteiger charge is -2.20. The number of H-pyrrole nitrogens is 2. The summed E-state index contributed by atoms with van der Waals surface area (Å²) in [6.07, 6.45) is 1.31. The average Bonchev–Trinajstić information content (AvgIpc) is 2.78. The minimum absolute atomic E-state index is 0.333. The lowest BCUT2D eigenvalue weighted by Crippen LogP contribution is -2.30. The molecule has 7 nitrogen and oxygen atoms in total. The van der Waals surface area contributed by atoms with Gasteiger partial charge in [-0.2, -0.15) is 0 Å². The number of hydrogen-bond donors (Lipinski definition) is 2. The summed E-state index contributed by atoms with van der Waals surface area (Å²) in [6, 6.07) is 0. The summed E-state index contributed by atoms with van der Waals surface area (Å²) in [5.41, 5.74) is -0.515. The molecule has 0 aromatic carbocycles. The number of aryl methyl sites for hydroxylation is 1. The van der Waals surface area contributed by atoms with Crippen molar-refractivity contribution in [2.45, 2.75) is 45.8 Å². The highest BCUT2D eigenvalue weighted by molar-refractivity contribution is 5.69. The Balaban J connectivity index is 2.58. The van der Waals surface area contributed by atoms with Gasteiger partial charge in [-0.15, -0.1) is 0 Å². The molecule has 0 fully saturated rings. The van der Waals surface area contributed by atoms with Crippen molar-refractivity contribution in [1.82, 2.24) is 19.5 Å². The summed E-state index contributed by atoms with van der Waals surface area (Å²) in [5, 5.41) is 0. The monoisotopic (exact) mass is 280 g/mol. The third-order valence-electron chi connectivity index (χ3n) is 3.28. The third-order valence-corrected chi connectivity index (χ3v) is 3.28. The minimum Gasteiger partial charge on any atom is -0.378 e. The number of aromatic amines is 2. The molecule has 7 heteroatoms. The van der Waals surface area contributed by atoms with E-state index >= 15 is 0 Å². The lowest BCUT2D eigenvalue weighted by molar-refractivity contribution is 0.0218. The first-order valence-electron chi connectivity index (χ1n) is 6.65. The summed E-state index contributed by atoms with van der Waals surface area (Å²) in [5.74, 6) is 0.632. The molecule has 0 aliphatic rings. The average molecular weight is 280 g/mol. The molecule has 2 aromatic rings. The number of rotatable bonds is 5. The SMILES string of the molecule is CCCn1c(=O)[nH]c(=O)c2[nH]c(CC(C)(C)OC)nc21. The van der Waals surface area contributed by atoms with E-state index in [0.717, 1.165) is 6.42 Å². The molecular weight excluding hydrogens is 260 g/mol. The number of ether oxygens (including phenoxy) is 1. The molecule has 2 heterocycles. The number of methoxy groups -OCH3 is 1. The molecule has 0 saturated carbocycles. The number of aromatic nitrogens is 4. The van der Waals surface area contributed by atoms with Crippen LogP contribution in [0.5, 0.6) is 0 Å². The molecule has 0 amide bonds. The quantitative estimate of drug-likeness (QED) is 0.847. The van der Waals surface area contributed by atoms with Crippen LogP contribution in [0.25, 0.3) is 11.2 Å². The smallest absolute Gasteiger partial charge is 0.330 e. The van der Waals surface area contributed by atoms with Crippen LogP contribution in [0.3, 0.4) is 0 Å². The van der Waals surface area contributed by atoms with E-state index in [9.17, 15) is 9.59 Å². The maximum atomic E-state index is 11.8. The molecule has 2 aromatic heterocycles. The van der Waals surface area contributed by atoms with Gasteiger partial charge in [-0.1, -0.05) is 6.92 Å². The summed E-state index contributed by atoms with van der Waals surface area (Å²) in [6.45, 7) is 6.35. The van der Waals surface area contributed by atoms with E-state index in [0.29, 0.717) is 30.0 Å². The standard InChI is InChI=1S/C13H20N4O3/c1-5-6-17-10-9(11(18)16-12(17)19)14-8(15-10)7-13(2,3)20-4/h5-7H2,1-4H3,(H,14,15)(H,16,18,19). The molecule has 0 bridgehead atoms. The van der Waals surface area contributed by atoms with E-state index < -0.39 is 16.9 Å². The van der Waals surface area contributed by atoms with Crippen molar-refractivity contribution in [3.8, 4) is 0 Å². The number of nitrogens with zero attached hydrogens (tertiary/aromatic N) is 2. The molecular formula is C13H20N4O3. The van der Waals surface area contributed by atoms with Crippen molar-refractivity contribution in [1.29, 1.82) is 0 Å². The van der Waals surface area contributed by atoms with Crippen LogP contribution in [0.15, 0.2) is 9.59 Å². The van der Waals surface area contributed by atoms with Gasteiger partial charge >= 0.3 is 5.69 Å². The molecule has 0 unspecified atom stereocenters. The van der Waals surface area contributed by atoms with Crippen LogP contribution in [0.2, 0.25) is 0 Å². The van der Waals surface area contributed by atoms with Crippen molar-refractivity contribution in [3.63, 3.8) is 0 Å². The van der Waals surface area contributed by atoms with E-state index in [2.05, 4.69) is 15.0 Å². The first-order chi connectivity index (χ1) is 9.38. The Bertz CT molecular complexity index is 723. The van der Waals surface area contributed by atoms with Gasteiger partial charge in [0.2, 0.25) is 0 Å². The molecule has 0 radical (unpaired) electrons. The highest BCUT2D eigenvalue weighted by Crippen LogP contribution is 2.15. The van der Waals surface area contributed by atoms with Crippen molar-refractivity contribution >= 4 is 11.2 Å². The molecule has 2 N–H and O–H groups in total. The van der Waals surface area contributed by atoms with Gasteiger partial charge in [-0.25, -0.2) is 9.78 Å². The summed E-state index contributed by atoms with van der Waals surface area (Å²) >= 11 is 0. The van der Waals surface area contributed by atoms with Crippen LogP contribution in [0.4, 0.5) is 0 Å². The fourth-order valence-electron chi connectivity index (χ4n) is 2.08. The van der Waals surface area contributed by atoms with E-state index in [-0.39, 0.29) is 0 Å². The highest BCUT2D eigenvalue weighted by Gasteiger charge is 2.21. The van der Waals surface area contributed by atoms with Gasteiger partial charge in [-0.05, 0) is 20.3 Å². The van der Waals surface area contributed by atoms with E-state index in [1.165, 1.54) is 4.57 Å². The van der Waals surface area contributed by atoms with E-state index in [1.807, 2.05) is 20.8 Å². The Kier molecular flexibility index (Phi) is 3.80. The zero-order chi connectivity index (χ0) is 14.9. The second-order valence-corrected chi connectivity index (χ2v) is 5.43. The normalized spacial score (nSPS) is 12.2. The summed E-state index contributed by atoms with van der Waals surface area (Å²) in [7, 11) is 1.63. The fourth-order valence-corrected chi connectivity index (χ4v) is 2.08. The van der Waals surface area contributed by atoms with Gasteiger partial charge in [0.1, 0.15) is 11.3 Å². The Morgan fingerprint density at radius 3 is 2.60 bits per heavy atom. The van der Waals surface area contributed by atoms with Crippen LogP contribution in [-0.2, 0) is 17.7 Å². The highest BCUT2D eigenvalue weighted by atomic mass is 16.5. The van der Waals surface area contributed by atoms with E-state index in [1.54, 1.807) is 7.11 Å². The lowest BCUT2D eigenvalue weighted by atomic mass is 10.1. The predicted molar refractivity (Wildman–Crippen MR) is 76.1 cm³/mol. The molecule has 110 valence electrons. The van der Waals surface area contributed by atoms with Crippen LogP contribution in [-0.4, -0.2) is 32.2 Å². The van der Waals surface area contributed by atoms with Crippen LogP contribution in [0, 0.1) is 0 Å². The summed E-state index contributed by atoms with van der Waals surface area (Å²) in [4.78, 5) is 33.3. The topological polar surface area (TPSA) is 92.8 Å². The van der Waals surface area contributed by atoms with Crippen LogP contribution in [0.1, 0.15) is 33.0 Å². The number of hydrogen-bond acceptors (Lipinski definition) is 4. The molecule has 0 spiro atoms. The van der Waals surface area contributed by atoms with Gasteiger partial charge in [-0.3, -0.25) is 14.3 Å². The van der Waals surface area contributed by atoms with Crippen molar-refractivity contribution < 1.29 is 4.74 Å². The van der Waals surface area contributed by atoms with Gasteiger partial charge < -0.3 is 9.72 Å². The van der Waals surface area contributed by atoms with Crippen LogP contribution >= 0.6 is 0 Å². The molecule has 2 rings (SSSR count). The molecule has 0 atom stereocenters. The third kappa shape index (κ3) is 2.67. The number of fused-ring (bicyclic) bond motifs is 1. The Hall–Kier alpha value is -1.89. The Labute approximate surface area is 116 Å². The van der Waals surface area contributed by atoms with Gasteiger partial charge in [0.15, 0.2) is 5.65 Å². The Morgan fingerprint density at radius 2 is 2.00 bits per heavy atom. The zero-order valence-electron chi connectivity index (χ0n) is 12.2. The number of nitrogens with one attached hydrogen (secondary N) is 2. The first-order valence-corrected chi connectivity index (χ1v) is 6.65. The summed E-state index contributed by atoms with van der Waals surface area (Å²) < 4.78 is 6.84. The first kappa shape index (κ1) is 14.5.